The van der Waals surface area contributed by atoms with Crippen LogP contribution < -0.4 is 14.2 Å². The molecule has 2 heterocycles. The predicted octanol–water partition coefficient (Wildman–Crippen LogP) is 4.98. The van der Waals surface area contributed by atoms with E-state index in [-0.39, 0.29) is 0 Å². The molecule has 124 valence electrons. The summed E-state index contributed by atoms with van der Waals surface area (Å²) < 4.78 is 18.6. The average Bonchev–Trinajstić information content (AvgIpc) is 2.62. The Morgan fingerprint density at radius 2 is 1.71 bits per heavy atom. The van der Waals surface area contributed by atoms with E-state index in [2.05, 4.69) is 55.1 Å². The first-order valence-electron chi connectivity index (χ1n) is 7.06. The highest BCUT2D eigenvalue weighted by atomic mass is 127. The molecule has 0 unspecified atom stereocenters. The van der Waals surface area contributed by atoms with Crippen LogP contribution in [0.25, 0.3) is 10.9 Å². The Labute approximate surface area is 167 Å². The van der Waals surface area contributed by atoms with Crippen molar-refractivity contribution in [1.29, 1.82) is 0 Å². The zero-order valence-corrected chi connectivity index (χ0v) is 17.4. The van der Waals surface area contributed by atoms with Gasteiger partial charge in [0.05, 0.1) is 25.4 Å². The second-order valence-corrected chi connectivity index (χ2v) is 6.72. The number of nitrogens with zero attached hydrogens (tertiary/aromatic N) is 2. The van der Waals surface area contributed by atoms with E-state index in [9.17, 15) is 0 Å². The molecular weight excluding hydrogens is 534 g/mol. The van der Waals surface area contributed by atoms with E-state index in [0.717, 1.165) is 30.5 Å². The number of hydrogen-bond acceptors (Lipinski definition) is 5. The fourth-order valence-electron chi connectivity index (χ4n) is 2.31. The van der Waals surface area contributed by atoms with E-state index in [4.69, 9.17) is 14.2 Å². The molecule has 3 aromatic rings. The van der Waals surface area contributed by atoms with Gasteiger partial charge in [-0.15, -0.1) is 0 Å². The first-order valence-corrected chi connectivity index (χ1v) is 9.66. The highest BCUT2D eigenvalue weighted by molar-refractivity contribution is 14.1. The van der Waals surface area contributed by atoms with Crippen LogP contribution in [0.15, 0.2) is 36.5 Å². The Kier molecular flexibility index (Phi) is 5.59. The largest absolute Gasteiger partial charge is 0.493 e. The molecule has 0 fully saturated rings. The van der Waals surface area contributed by atoms with Crippen LogP contribution in [0.4, 0.5) is 0 Å². The molecule has 0 saturated heterocycles. The molecule has 0 saturated carbocycles. The maximum Gasteiger partial charge on any atom is 0.162 e. The van der Waals surface area contributed by atoms with Gasteiger partial charge in [0.25, 0.3) is 0 Å². The number of benzene rings is 1. The SMILES string of the molecule is COc1cc2nccc(Oc3ccc(I)nc3CI)c2cc1OC. The highest BCUT2D eigenvalue weighted by Crippen LogP contribution is 2.37. The number of hydrogen-bond donors (Lipinski definition) is 0. The van der Waals surface area contributed by atoms with E-state index in [1.54, 1.807) is 20.4 Å². The van der Waals surface area contributed by atoms with Gasteiger partial charge in [0.15, 0.2) is 11.5 Å². The molecule has 0 spiro atoms. The first kappa shape index (κ1) is 17.5. The van der Waals surface area contributed by atoms with Crippen LogP contribution in [0.1, 0.15) is 5.69 Å². The van der Waals surface area contributed by atoms with Crippen LogP contribution in [0.2, 0.25) is 0 Å². The Bertz CT molecular complexity index is 887. The molecule has 24 heavy (non-hydrogen) atoms. The summed E-state index contributed by atoms with van der Waals surface area (Å²) in [6.07, 6.45) is 1.72. The van der Waals surface area contributed by atoms with Gasteiger partial charge in [0.2, 0.25) is 0 Å². The summed E-state index contributed by atoms with van der Waals surface area (Å²) in [7, 11) is 3.21. The van der Waals surface area contributed by atoms with Crippen LogP contribution >= 0.6 is 45.2 Å². The summed E-state index contributed by atoms with van der Waals surface area (Å²) in [4.78, 5) is 8.91. The van der Waals surface area contributed by atoms with E-state index in [0.29, 0.717) is 17.2 Å². The number of ether oxygens (including phenoxy) is 3. The molecule has 3 rings (SSSR count). The molecule has 7 heteroatoms. The summed E-state index contributed by atoms with van der Waals surface area (Å²) >= 11 is 4.48. The van der Waals surface area contributed by atoms with Crippen molar-refractivity contribution < 1.29 is 14.2 Å². The van der Waals surface area contributed by atoms with E-state index in [1.807, 2.05) is 30.3 Å². The summed E-state index contributed by atoms with van der Waals surface area (Å²) in [5, 5.41) is 0.855. The molecule has 0 aliphatic carbocycles. The van der Waals surface area contributed by atoms with Gasteiger partial charge in [-0.3, -0.25) is 4.98 Å². The minimum atomic E-state index is 0.637. The predicted molar refractivity (Wildman–Crippen MR) is 110 cm³/mol. The lowest BCUT2D eigenvalue weighted by molar-refractivity contribution is 0.355. The Hall–Kier alpha value is -1.36. The number of pyridine rings is 2. The van der Waals surface area contributed by atoms with Gasteiger partial charge in [0.1, 0.15) is 15.2 Å². The zero-order valence-electron chi connectivity index (χ0n) is 13.0. The quantitative estimate of drug-likeness (QED) is 0.256. The fourth-order valence-corrected chi connectivity index (χ4v) is 3.32. The Morgan fingerprint density at radius 1 is 0.958 bits per heavy atom. The minimum Gasteiger partial charge on any atom is -0.493 e. The summed E-state index contributed by atoms with van der Waals surface area (Å²) in [5.41, 5.74) is 1.69. The molecule has 5 nitrogen and oxygen atoms in total. The number of fused-ring (bicyclic) bond motifs is 1. The molecule has 0 radical (unpaired) electrons. The lowest BCUT2D eigenvalue weighted by Gasteiger charge is -2.13. The van der Waals surface area contributed by atoms with Crippen molar-refractivity contribution in [2.75, 3.05) is 14.2 Å². The maximum atomic E-state index is 6.13. The zero-order chi connectivity index (χ0) is 17.1. The second kappa shape index (κ2) is 7.68. The molecule has 1 aromatic carbocycles. The number of methoxy groups -OCH3 is 2. The van der Waals surface area contributed by atoms with E-state index in [1.165, 1.54) is 0 Å². The number of halogens is 2. The van der Waals surface area contributed by atoms with Crippen molar-refractivity contribution in [3.63, 3.8) is 0 Å². The average molecular weight is 548 g/mol. The van der Waals surface area contributed by atoms with Gasteiger partial charge in [-0.1, -0.05) is 22.6 Å². The second-order valence-electron chi connectivity index (χ2n) is 4.85. The van der Waals surface area contributed by atoms with E-state index >= 15 is 0 Å². The number of aromatic nitrogens is 2. The normalized spacial score (nSPS) is 10.7. The third-order valence-electron chi connectivity index (χ3n) is 3.45. The topological polar surface area (TPSA) is 53.5 Å². The molecule has 0 aliphatic rings. The number of rotatable bonds is 5. The molecule has 0 atom stereocenters. The standard InChI is InChI=1S/C17H14I2N2O3/c1-22-15-7-10-11(8-16(15)23-2)20-6-5-13(10)24-14-3-4-17(19)21-12(14)9-18/h3-8H,9H2,1-2H3. The molecule has 0 bridgehead atoms. The lowest BCUT2D eigenvalue weighted by Crippen LogP contribution is -1.96. The third kappa shape index (κ3) is 3.51. The third-order valence-corrected chi connectivity index (χ3v) is 4.78. The number of alkyl halides is 1. The molecule has 0 N–H and O–H groups in total. The van der Waals surface area contributed by atoms with E-state index < -0.39 is 0 Å². The summed E-state index contributed by atoms with van der Waals surface area (Å²) in [5.74, 6) is 2.72. The summed E-state index contributed by atoms with van der Waals surface area (Å²) in [6.45, 7) is 0. The van der Waals surface area contributed by atoms with Gasteiger partial charge >= 0.3 is 0 Å². The molecule has 2 aromatic heterocycles. The van der Waals surface area contributed by atoms with Gasteiger partial charge < -0.3 is 14.2 Å². The van der Waals surface area contributed by atoms with Crippen LogP contribution in [0.3, 0.4) is 0 Å². The van der Waals surface area contributed by atoms with Gasteiger partial charge in [-0.2, -0.15) is 0 Å². The van der Waals surface area contributed by atoms with Crippen molar-refractivity contribution >= 4 is 56.1 Å². The van der Waals surface area contributed by atoms with Crippen LogP contribution in [0, 0.1) is 3.70 Å². The van der Waals surface area contributed by atoms with Gasteiger partial charge in [-0.25, -0.2) is 4.98 Å². The summed E-state index contributed by atoms with van der Waals surface area (Å²) in [6, 6.07) is 9.42. The van der Waals surface area contributed by atoms with Crippen molar-refractivity contribution in [1.82, 2.24) is 9.97 Å². The van der Waals surface area contributed by atoms with Gasteiger partial charge in [-0.05, 0) is 46.9 Å². The maximum absolute atomic E-state index is 6.13. The molecule has 0 aliphatic heterocycles. The van der Waals surface area contributed by atoms with Gasteiger partial charge in [0, 0.05) is 22.1 Å². The van der Waals surface area contributed by atoms with Crippen molar-refractivity contribution in [3.8, 4) is 23.0 Å². The highest BCUT2D eigenvalue weighted by Gasteiger charge is 2.13. The first-order chi connectivity index (χ1) is 11.7. The minimum absolute atomic E-state index is 0.637. The monoisotopic (exact) mass is 548 g/mol. The van der Waals surface area contributed by atoms with Crippen molar-refractivity contribution in [2.24, 2.45) is 0 Å². The molecular formula is C17H14I2N2O3. The van der Waals surface area contributed by atoms with Crippen LogP contribution in [-0.2, 0) is 4.43 Å². The van der Waals surface area contributed by atoms with Crippen LogP contribution in [0.5, 0.6) is 23.0 Å². The molecule has 0 amide bonds. The fraction of sp³-hybridized carbons (Fsp3) is 0.176. The van der Waals surface area contributed by atoms with Crippen molar-refractivity contribution in [2.45, 2.75) is 4.43 Å². The lowest BCUT2D eigenvalue weighted by atomic mass is 10.2. The smallest absolute Gasteiger partial charge is 0.162 e. The van der Waals surface area contributed by atoms with Crippen molar-refractivity contribution in [3.05, 3.63) is 45.9 Å². The Balaban J connectivity index is 2.10. The Morgan fingerprint density at radius 3 is 2.42 bits per heavy atom. The van der Waals surface area contributed by atoms with Crippen LogP contribution in [-0.4, -0.2) is 24.2 Å².